The highest BCUT2D eigenvalue weighted by Gasteiger charge is 2.34. The van der Waals surface area contributed by atoms with Crippen molar-refractivity contribution in [1.82, 2.24) is 10.2 Å². The fourth-order valence-corrected chi connectivity index (χ4v) is 6.11. The molecule has 1 aliphatic carbocycles. The summed E-state index contributed by atoms with van der Waals surface area (Å²) in [6.45, 7) is -0.403. The third-order valence-corrected chi connectivity index (χ3v) is 8.62. The van der Waals surface area contributed by atoms with E-state index >= 15 is 0 Å². The molecular formula is C32H39N3O6S. The van der Waals surface area contributed by atoms with E-state index in [2.05, 4.69) is 5.32 Å². The summed E-state index contributed by atoms with van der Waals surface area (Å²) >= 11 is 0. The minimum absolute atomic E-state index is 0.0499. The summed E-state index contributed by atoms with van der Waals surface area (Å²) in [7, 11) is -0.818. The summed E-state index contributed by atoms with van der Waals surface area (Å²) in [4.78, 5) is 29.6. The van der Waals surface area contributed by atoms with E-state index in [0.717, 1.165) is 47.4 Å². The minimum Gasteiger partial charge on any atom is -0.497 e. The molecule has 1 aliphatic rings. The van der Waals surface area contributed by atoms with Crippen LogP contribution in [-0.2, 0) is 32.6 Å². The van der Waals surface area contributed by atoms with Crippen molar-refractivity contribution in [2.24, 2.45) is 0 Å². The third kappa shape index (κ3) is 8.25. The van der Waals surface area contributed by atoms with Crippen molar-refractivity contribution in [2.45, 2.75) is 50.7 Å². The molecule has 0 unspecified atom stereocenters. The van der Waals surface area contributed by atoms with E-state index in [4.69, 9.17) is 9.47 Å². The summed E-state index contributed by atoms with van der Waals surface area (Å²) in [5.41, 5.74) is 1.93. The lowest BCUT2D eigenvalue weighted by atomic mass is 10.0. The number of ether oxygens (including phenoxy) is 2. The van der Waals surface area contributed by atoms with Gasteiger partial charge in [-0.1, -0.05) is 61.4 Å². The second-order valence-corrected chi connectivity index (χ2v) is 12.4. The molecule has 0 aromatic heterocycles. The van der Waals surface area contributed by atoms with Gasteiger partial charge in [-0.3, -0.25) is 13.9 Å². The third-order valence-electron chi connectivity index (χ3n) is 7.48. The van der Waals surface area contributed by atoms with Crippen molar-refractivity contribution in [3.05, 3.63) is 90.0 Å². The Balaban J connectivity index is 1.74. The number of carbonyl (C=O) groups excluding carboxylic acids is 2. The summed E-state index contributed by atoms with van der Waals surface area (Å²) in [6, 6.07) is 22.5. The van der Waals surface area contributed by atoms with Crippen LogP contribution >= 0.6 is 0 Å². The number of rotatable bonds is 13. The molecule has 1 atom stereocenters. The summed E-state index contributed by atoms with van der Waals surface area (Å²) in [5, 5.41) is 3.17. The van der Waals surface area contributed by atoms with Gasteiger partial charge in [0.1, 0.15) is 24.1 Å². The van der Waals surface area contributed by atoms with Crippen LogP contribution in [0.2, 0.25) is 0 Å². The van der Waals surface area contributed by atoms with Crippen LogP contribution in [0.1, 0.15) is 36.8 Å². The Kier molecular flexibility index (Phi) is 10.5. The lowest BCUT2D eigenvalue weighted by molar-refractivity contribution is -0.140. The number of hydrogen-bond donors (Lipinski definition) is 1. The number of nitrogens with one attached hydrogen (secondary N) is 1. The highest BCUT2D eigenvalue weighted by atomic mass is 32.2. The van der Waals surface area contributed by atoms with Gasteiger partial charge in [-0.25, -0.2) is 8.42 Å². The fraction of sp³-hybridized carbons (Fsp3) is 0.375. The number of anilines is 1. The Morgan fingerprint density at radius 2 is 1.50 bits per heavy atom. The largest absolute Gasteiger partial charge is 0.497 e. The molecule has 9 nitrogen and oxygen atoms in total. The number of carbonyl (C=O) groups is 2. The van der Waals surface area contributed by atoms with Gasteiger partial charge < -0.3 is 19.7 Å². The van der Waals surface area contributed by atoms with Crippen molar-refractivity contribution < 1.29 is 27.5 Å². The highest BCUT2D eigenvalue weighted by molar-refractivity contribution is 7.92. The van der Waals surface area contributed by atoms with Crippen LogP contribution in [0.25, 0.3) is 0 Å². The van der Waals surface area contributed by atoms with Crippen LogP contribution in [0.4, 0.5) is 5.69 Å². The topological polar surface area (TPSA) is 105 Å². The predicted molar refractivity (Wildman–Crippen MR) is 163 cm³/mol. The second-order valence-electron chi connectivity index (χ2n) is 10.5. The van der Waals surface area contributed by atoms with E-state index in [0.29, 0.717) is 17.2 Å². The maximum Gasteiger partial charge on any atom is 0.244 e. The van der Waals surface area contributed by atoms with Crippen LogP contribution in [-0.4, -0.2) is 64.2 Å². The van der Waals surface area contributed by atoms with Crippen molar-refractivity contribution >= 4 is 27.5 Å². The Morgan fingerprint density at radius 3 is 2.14 bits per heavy atom. The van der Waals surface area contributed by atoms with Crippen LogP contribution in [0.15, 0.2) is 78.9 Å². The van der Waals surface area contributed by atoms with Crippen molar-refractivity contribution in [3.8, 4) is 11.5 Å². The number of hydrogen-bond acceptors (Lipinski definition) is 6. The Bertz CT molecular complexity index is 1460. The molecular weight excluding hydrogens is 554 g/mol. The zero-order valence-corrected chi connectivity index (χ0v) is 25.2. The lowest BCUT2D eigenvalue weighted by Crippen LogP contribution is -2.54. The molecule has 0 radical (unpaired) electrons. The van der Waals surface area contributed by atoms with E-state index < -0.39 is 28.5 Å². The van der Waals surface area contributed by atoms with E-state index in [1.165, 1.54) is 12.0 Å². The molecule has 0 bridgehead atoms. The van der Waals surface area contributed by atoms with Crippen LogP contribution in [0.5, 0.6) is 11.5 Å². The number of sulfonamides is 1. The Hall–Kier alpha value is -4.05. The summed E-state index contributed by atoms with van der Waals surface area (Å²) < 4.78 is 37.7. The zero-order chi connectivity index (χ0) is 30.1. The van der Waals surface area contributed by atoms with Crippen molar-refractivity contribution in [2.75, 3.05) is 31.3 Å². The molecule has 3 aromatic rings. The standard InChI is InChI=1S/C32H39N3O6S/c1-40-28-17-9-13-25(19-28)22-34(31(36)23-35(42(3,38)39)27-16-10-18-29(21-27)41-2)30(20-24-11-5-4-6-12-24)32(37)33-26-14-7-8-15-26/h4-6,9-13,16-19,21,26,30H,7-8,14-15,20,22-23H2,1-3H3,(H,33,37)/t30-/m0/s1. The van der Waals surface area contributed by atoms with E-state index in [1.807, 2.05) is 48.5 Å². The highest BCUT2D eigenvalue weighted by Crippen LogP contribution is 2.25. The predicted octanol–water partition coefficient (Wildman–Crippen LogP) is 4.17. The van der Waals surface area contributed by atoms with E-state index in [1.54, 1.807) is 37.4 Å². The average Bonchev–Trinajstić information content (AvgIpc) is 3.50. The van der Waals surface area contributed by atoms with Crippen molar-refractivity contribution in [3.63, 3.8) is 0 Å². The SMILES string of the molecule is COc1cccc(CN(C(=O)CN(c2cccc(OC)c2)S(C)(=O)=O)[C@@H](Cc2ccccc2)C(=O)NC2CCCC2)c1. The van der Waals surface area contributed by atoms with Gasteiger partial charge in [0.25, 0.3) is 0 Å². The maximum atomic E-state index is 14.2. The van der Waals surface area contributed by atoms with Crippen LogP contribution < -0.4 is 19.1 Å². The maximum absolute atomic E-state index is 14.2. The first-order chi connectivity index (χ1) is 20.2. The number of benzene rings is 3. The normalized spacial score (nSPS) is 14.2. The van der Waals surface area contributed by atoms with Gasteiger partial charge in [-0.15, -0.1) is 0 Å². The first kappa shape index (κ1) is 30.9. The lowest BCUT2D eigenvalue weighted by Gasteiger charge is -2.34. The molecule has 2 amide bonds. The summed E-state index contributed by atoms with van der Waals surface area (Å²) in [6.07, 6.45) is 5.21. The molecule has 224 valence electrons. The van der Waals surface area contributed by atoms with Gasteiger partial charge >= 0.3 is 0 Å². The Morgan fingerprint density at radius 1 is 0.881 bits per heavy atom. The Labute approximate surface area is 248 Å². The number of amides is 2. The number of nitrogens with zero attached hydrogens (tertiary/aromatic N) is 2. The molecule has 0 spiro atoms. The van der Waals surface area contributed by atoms with Crippen LogP contribution in [0.3, 0.4) is 0 Å². The molecule has 4 rings (SSSR count). The fourth-order valence-electron chi connectivity index (χ4n) is 5.27. The van der Waals surface area contributed by atoms with Gasteiger partial charge in [0.15, 0.2) is 0 Å². The van der Waals surface area contributed by atoms with E-state index in [-0.39, 0.29) is 24.9 Å². The molecule has 0 aliphatic heterocycles. The average molecular weight is 594 g/mol. The smallest absolute Gasteiger partial charge is 0.244 e. The van der Waals surface area contributed by atoms with Gasteiger partial charge in [0.2, 0.25) is 21.8 Å². The first-order valence-electron chi connectivity index (χ1n) is 14.1. The first-order valence-corrected chi connectivity index (χ1v) is 15.9. The molecule has 0 heterocycles. The molecule has 1 saturated carbocycles. The minimum atomic E-state index is -3.87. The van der Waals surface area contributed by atoms with Gasteiger partial charge in [0, 0.05) is 25.1 Å². The molecule has 10 heteroatoms. The van der Waals surface area contributed by atoms with Crippen molar-refractivity contribution in [1.29, 1.82) is 0 Å². The van der Waals surface area contributed by atoms with Gasteiger partial charge in [0.05, 0.1) is 26.2 Å². The second kappa shape index (κ2) is 14.2. The molecule has 0 saturated heterocycles. The van der Waals surface area contributed by atoms with E-state index in [9.17, 15) is 18.0 Å². The van der Waals surface area contributed by atoms with Crippen LogP contribution in [0, 0.1) is 0 Å². The quantitative estimate of drug-likeness (QED) is 0.319. The molecule has 1 fully saturated rings. The monoisotopic (exact) mass is 593 g/mol. The molecule has 42 heavy (non-hydrogen) atoms. The van der Waals surface area contributed by atoms with Gasteiger partial charge in [-0.05, 0) is 48.2 Å². The molecule has 3 aromatic carbocycles. The van der Waals surface area contributed by atoms with Gasteiger partial charge in [-0.2, -0.15) is 0 Å². The number of methoxy groups -OCH3 is 2. The zero-order valence-electron chi connectivity index (χ0n) is 24.4. The molecule has 1 N–H and O–H groups in total. The summed E-state index contributed by atoms with van der Waals surface area (Å²) in [5.74, 6) is 0.312.